The zero-order chi connectivity index (χ0) is 12.8. The summed E-state index contributed by atoms with van der Waals surface area (Å²) >= 11 is 0. The number of phenols is 1. The number of hydrogen-bond acceptors (Lipinski definition) is 3. The molecule has 0 heterocycles. The lowest BCUT2D eigenvalue weighted by atomic mass is 10.2. The molecule has 0 radical (unpaired) electrons. The number of rotatable bonds is 4. The highest BCUT2D eigenvalue weighted by Crippen LogP contribution is 2.17. The minimum Gasteiger partial charge on any atom is -0.507 e. The van der Waals surface area contributed by atoms with Crippen LogP contribution < -0.4 is 10.5 Å². The number of aromatic hydroxyl groups is 1. The maximum atomic E-state index is 9.55. The lowest BCUT2D eigenvalue weighted by Gasteiger charge is -2.03. The van der Waals surface area contributed by atoms with Crippen LogP contribution >= 0.6 is 0 Å². The van der Waals surface area contributed by atoms with Crippen molar-refractivity contribution in [3.8, 4) is 11.5 Å². The molecule has 0 bridgehead atoms. The minimum atomic E-state index is 0.265. The molecule has 0 aliphatic heterocycles. The lowest BCUT2D eigenvalue weighted by Crippen LogP contribution is -1.93. The van der Waals surface area contributed by atoms with E-state index in [0.717, 1.165) is 11.3 Å². The van der Waals surface area contributed by atoms with Crippen LogP contribution in [0.5, 0.6) is 11.5 Å². The van der Waals surface area contributed by atoms with Gasteiger partial charge in [-0.15, -0.1) is 0 Å². The smallest absolute Gasteiger partial charge is 0.122 e. The molecule has 0 aromatic heterocycles. The summed E-state index contributed by atoms with van der Waals surface area (Å²) in [6, 6.07) is 14.4. The first-order valence-electron chi connectivity index (χ1n) is 5.68. The number of hydrogen-bond donors (Lipinski definition) is 2. The molecule has 0 fully saturated rings. The molecule has 0 atom stereocenters. The zero-order valence-corrected chi connectivity index (χ0v) is 9.91. The summed E-state index contributed by atoms with van der Waals surface area (Å²) < 4.78 is 5.50. The summed E-state index contributed by atoms with van der Waals surface area (Å²) in [6.45, 7) is 0.443. The Hall–Kier alpha value is -2.42. The van der Waals surface area contributed by atoms with Gasteiger partial charge in [0.25, 0.3) is 0 Å². The maximum Gasteiger partial charge on any atom is 0.122 e. The number of benzene rings is 2. The molecule has 3 nitrogen and oxygen atoms in total. The third-order valence-corrected chi connectivity index (χ3v) is 2.46. The van der Waals surface area contributed by atoms with E-state index in [1.807, 2.05) is 36.4 Å². The first-order valence-corrected chi connectivity index (χ1v) is 5.68. The average Bonchev–Trinajstić information content (AvgIpc) is 2.39. The van der Waals surface area contributed by atoms with Crippen molar-refractivity contribution in [2.45, 2.75) is 0 Å². The van der Waals surface area contributed by atoms with Crippen molar-refractivity contribution in [2.24, 2.45) is 0 Å². The summed E-state index contributed by atoms with van der Waals surface area (Å²) in [5.74, 6) is 1.03. The summed E-state index contributed by atoms with van der Waals surface area (Å²) in [5, 5.41) is 9.55. The number of ether oxygens (including phenoxy) is 1. The zero-order valence-electron chi connectivity index (χ0n) is 9.91. The molecular weight excluding hydrogens is 226 g/mol. The monoisotopic (exact) mass is 241 g/mol. The van der Waals surface area contributed by atoms with Gasteiger partial charge >= 0.3 is 0 Å². The van der Waals surface area contributed by atoms with Crippen LogP contribution in [-0.2, 0) is 0 Å². The van der Waals surface area contributed by atoms with Crippen LogP contribution in [0, 0.1) is 0 Å². The van der Waals surface area contributed by atoms with E-state index in [1.54, 1.807) is 24.3 Å². The molecule has 0 spiro atoms. The van der Waals surface area contributed by atoms with Gasteiger partial charge in [-0.2, -0.15) is 0 Å². The molecule has 2 aromatic rings. The van der Waals surface area contributed by atoms with Crippen LogP contribution in [-0.4, -0.2) is 11.7 Å². The van der Waals surface area contributed by atoms with Gasteiger partial charge in [0.05, 0.1) is 0 Å². The van der Waals surface area contributed by atoms with Gasteiger partial charge in [-0.05, 0) is 36.4 Å². The molecule has 0 aliphatic carbocycles. The standard InChI is InChI=1S/C15H15NO2/c16-13-7-9-14(10-8-13)18-11-3-5-12-4-1-2-6-15(12)17/h1-10,17H,11,16H2. The SMILES string of the molecule is Nc1ccc(OCC=Cc2ccccc2O)cc1. The molecule has 0 saturated carbocycles. The first kappa shape index (κ1) is 12.0. The molecule has 92 valence electrons. The highest BCUT2D eigenvalue weighted by molar-refractivity contribution is 5.56. The van der Waals surface area contributed by atoms with E-state index in [9.17, 15) is 5.11 Å². The third-order valence-electron chi connectivity index (χ3n) is 2.46. The second-order valence-corrected chi connectivity index (χ2v) is 3.84. The van der Waals surface area contributed by atoms with E-state index in [0.29, 0.717) is 12.3 Å². The Bertz CT molecular complexity index is 532. The Morgan fingerprint density at radius 1 is 1.06 bits per heavy atom. The topological polar surface area (TPSA) is 55.5 Å². The van der Waals surface area contributed by atoms with Crippen molar-refractivity contribution in [2.75, 3.05) is 12.3 Å². The quantitative estimate of drug-likeness (QED) is 0.809. The molecule has 0 unspecified atom stereocenters. The van der Waals surface area contributed by atoms with Gasteiger partial charge in [-0.25, -0.2) is 0 Å². The van der Waals surface area contributed by atoms with E-state index < -0.39 is 0 Å². The lowest BCUT2D eigenvalue weighted by molar-refractivity contribution is 0.363. The van der Waals surface area contributed by atoms with Crippen LogP contribution in [0.1, 0.15) is 5.56 Å². The number of para-hydroxylation sites is 1. The Morgan fingerprint density at radius 2 is 1.78 bits per heavy atom. The Morgan fingerprint density at radius 3 is 2.50 bits per heavy atom. The Kier molecular flexibility index (Phi) is 3.86. The molecule has 18 heavy (non-hydrogen) atoms. The van der Waals surface area contributed by atoms with E-state index in [-0.39, 0.29) is 5.75 Å². The predicted octanol–water partition coefficient (Wildman–Crippen LogP) is 3.07. The van der Waals surface area contributed by atoms with Gasteiger partial charge in [0.1, 0.15) is 18.1 Å². The van der Waals surface area contributed by atoms with Gasteiger partial charge in [0, 0.05) is 11.3 Å². The molecule has 0 amide bonds. The van der Waals surface area contributed by atoms with Crippen molar-refractivity contribution in [1.82, 2.24) is 0 Å². The summed E-state index contributed by atoms with van der Waals surface area (Å²) in [7, 11) is 0. The average molecular weight is 241 g/mol. The normalized spacial score (nSPS) is 10.7. The molecule has 3 heteroatoms. The number of nitrogens with two attached hydrogens (primary N) is 1. The first-order chi connectivity index (χ1) is 8.75. The minimum absolute atomic E-state index is 0.265. The van der Waals surface area contributed by atoms with Gasteiger partial charge in [-0.3, -0.25) is 0 Å². The fourth-order valence-electron chi connectivity index (χ4n) is 1.51. The van der Waals surface area contributed by atoms with Gasteiger partial charge in [0.15, 0.2) is 0 Å². The van der Waals surface area contributed by atoms with E-state index in [2.05, 4.69) is 0 Å². The highest BCUT2D eigenvalue weighted by atomic mass is 16.5. The third kappa shape index (κ3) is 3.28. The molecule has 3 N–H and O–H groups in total. The number of nitrogen functional groups attached to an aromatic ring is 1. The van der Waals surface area contributed by atoms with Crippen LogP contribution in [0.25, 0.3) is 6.08 Å². The second kappa shape index (κ2) is 5.77. The van der Waals surface area contributed by atoms with Gasteiger partial charge in [0.2, 0.25) is 0 Å². The highest BCUT2D eigenvalue weighted by Gasteiger charge is 1.94. The second-order valence-electron chi connectivity index (χ2n) is 3.84. The van der Waals surface area contributed by atoms with Crippen LogP contribution in [0.4, 0.5) is 5.69 Å². The number of anilines is 1. The van der Waals surface area contributed by atoms with Crippen molar-refractivity contribution in [1.29, 1.82) is 0 Å². The van der Waals surface area contributed by atoms with Crippen molar-refractivity contribution in [3.05, 3.63) is 60.2 Å². The Labute approximate surface area is 106 Å². The van der Waals surface area contributed by atoms with Crippen molar-refractivity contribution >= 4 is 11.8 Å². The molecule has 2 rings (SSSR count). The summed E-state index contributed by atoms with van der Waals surface area (Å²) in [4.78, 5) is 0. The fraction of sp³-hybridized carbons (Fsp3) is 0.0667. The Balaban J connectivity index is 1.89. The van der Waals surface area contributed by atoms with Crippen molar-refractivity contribution < 1.29 is 9.84 Å². The molecule has 0 saturated heterocycles. The summed E-state index contributed by atoms with van der Waals surface area (Å²) in [6.07, 6.45) is 3.68. The van der Waals surface area contributed by atoms with Gasteiger partial charge < -0.3 is 15.6 Å². The molecule has 0 aliphatic rings. The largest absolute Gasteiger partial charge is 0.507 e. The van der Waals surface area contributed by atoms with Gasteiger partial charge in [-0.1, -0.05) is 24.3 Å². The van der Waals surface area contributed by atoms with Crippen LogP contribution in [0.2, 0.25) is 0 Å². The predicted molar refractivity (Wildman–Crippen MR) is 73.5 cm³/mol. The van der Waals surface area contributed by atoms with E-state index in [4.69, 9.17) is 10.5 Å². The van der Waals surface area contributed by atoms with E-state index in [1.165, 1.54) is 0 Å². The fourth-order valence-corrected chi connectivity index (χ4v) is 1.51. The maximum absolute atomic E-state index is 9.55. The molecule has 2 aromatic carbocycles. The molecular formula is C15H15NO2. The number of phenolic OH excluding ortho intramolecular Hbond substituents is 1. The summed E-state index contributed by atoms with van der Waals surface area (Å²) in [5.41, 5.74) is 7.07. The van der Waals surface area contributed by atoms with E-state index >= 15 is 0 Å². The van der Waals surface area contributed by atoms with Crippen LogP contribution in [0.15, 0.2) is 54.6 Å². The van der Waals surface area contributed by atoms with Crippen LogP contribution in [0.3, 0.4) is 0 Å². The van der Waals surface area contributed by atoms with Crippen molar-refractivity contribution in [3.63, 3.8) is 0 Å².